The quantitative estimate of drug-likeness (QED) is 0.242. The van der Waals surface area contributed by atoms with Crippen molar-refractivity contribution in [2.24, 2.45) is 0 Å². The summed E-state index contributed by atoms with van der Waals surface area (Å²) in [6, 6.07) is 8.28. The van der Waals surface area contributed by atoms with Crippen LogP contribution in [0.2, 0.25) is 0 Å². The molecule has 2 amide bonds. The van der Waals surface area contributed by atoms with Crippen molar-refractivity contribution in [1.29, 1.82) is 0 Å². The third-order valence-corrected chi connectivity index (χ3v) is 5.39. The van der Waals surface area contributed by atoms with Crippen molar-refractivity contribution in [3.05, 3.63) is 53.6 Å². The van der Waals surface area contributed by atoms with Crippen LogP contribution in [0.4, 0.5) is 10.5 Å². The maximum Gasteiger partial charge on any atom is 1.00 e. The second-order valence-electron chi connectivity index (χ2n) is 6.29. The standard InChI is InChI=1S/C18H20N2O7S2.2Na/c1-12(2)19-18(21)20-15-10-9-14(17(11-15)29(25,26)27)8-7-13-5-3-4-6-16(13)28(22,23)24;;/h3-12H,1-2H3,(H2,19,20,21)(H,22,23,24)(H,25,26,27);;/q;2*+1/p-2/b8-7+;;. The first-order valence-corrected chi connectivity index (χ1v) is 11.1. The fourth-order valence-electron chi connectivity index (χ4n) is 2.42. The van der Waals surface area contributed by atoms with Crippen LogP contribution in [0.15, 0.2) is 52.3 Å². The molecular weight excluding hydrogens is 466 g/mol. The van der Waals surface area contributed by atoms with Crippen LogP contribution in [0.25, 0.3) is 12.2 Å². The van der Waals surface area contributed by atoms with E-state index in [4.69, 9.17) is 0 Å². The largest absolute Gasteiger partial charge is 1.00 e. The fraction of sp³-hybridized carbons (Fsp3) is 0.167. The average Bonchev–Trinajstić information content (AvgIpc) is 2.58. The van der Waals surface area contributed by atoms with Crippen molar-refractivity contribution >= 4 is 44.1 Å². The summed E-state index contributed by atoms with van der Waals surface area (Å²) in [5.74, 6) is 0. The van der Waals surface area contributed by atoms with Gasteiger partial charge in [-0.1, -0.05) is 36.4 Å². The first-order chi connectivity index (χ1) is 13.4. The Bertz CT molecular complexity index is 1170. The van der Waals surface area contributed by atoms with Gasteiger partial charge in [-0.05, 0) is 43.2 Å². The smallest absolute Gasteiger partial charge is 0.744 e. The van der Waals surface area contributed by atoms with Crippen LogP contribution in [-0.2, 0) is 20.2 Å². The summed E-state index contributed by atoms with van der Waals surface area (Å²) in [5, 5.41) is 4.97. The van der Waals surface area contributed by atoms with Gasteiger partial charge >= 0.3 is 65.1 Å². The molecule has 2 aromatic rings. The van der Waals surface area contributed by atoms with E-state index in [1.807, 2.05) is 0 Å². The minimum Gasteiger partial charge on any atom is -0.744 e. The van der Waals surface area contributed by atoms with Gasteiger partial charge in [0.2, 0.25) is 0 Å². The van der Waals surface area contributed by atoms with Gasteiger partial charge in [0.1, 0.15) is 20.2 Å². The van der Waals surface area contributed by atoms with Crippen molar-refractivity contribution in [3.63, 3.8) is 0 Å². The maximum absolute atomic E-state index is 11.8. The van der Waals surface area contributed by atoms with Gasteiger partial charge in [0, 0.05) is 11.7 Å². The molecule has 0 aliphatic rings. The topological polar surface area (TPSA) is 156 Å². The zero-order valence-corrected chi connectivity index (χ0v) is 23.1. The van der Waals surface area contributed by atoms with Gasteiger partial charge in [-0.15, -0.1) is 0 Å². The number of amides is 2. The predicted octanol–water partition coefficient (Wildman–Crippen LogP) is -3.80. The molecule has 0 saturated carbocycles. The van der Waals surface area contributed by atoms with Gasteiger partial charge in [-0.3, -0.25) is 0 Å². The number of carbonyl (C=O) groups is 1. The van der Waals surface area contributed by atoms with Gasteiger partial charge in [0.15, 0.2) is 0 Å². The number of hydrogen-bond acceptors (Lipinski definition) is 7. The van der Waals surface area contributed by atoms with Crippen LogP contribution < -0.4 is 69.7 Å². The molecule has 0 aliphatic heterocycles. The monoisotopic (exact) mass is 484 g/mol. The van der Waals surface area contributed by atoms with E-state index in [9.17, 15) is 30.7 Å². The average molecular weight is 484 g/mol. The summed E-state index contributed by atoms with van der Waals surface area (Å²) in [5.41, 5.74) is 0.0837. The van der Waals surface area contributed by atoms with E-state index in [1.54, 1.807) is 13.8 Å². The van der Waals surface area contributed by atoms with Crippen LogP contribution in [0.3, 0.4) is 0 Å². The molecule has 0 unspecified atom stereocenters. The molecule has 13 heteroatoms. The van der Waals surface area contributed by atoms with Crippen molar-refractivity contribution in [2.75, 3.05) is 5.32 Å². The van der Waals surface area contributed by atoms with E-state index >= 15 is 0 Å². The zero-order valence-electron chi connectivity index (χ0n) is 17.4. The predicted molar refractivity (Wildman–Crippen MR) is 105 cm³/mol. The number of nitrogens with one attached hydrogen (secondary N) is 2. The SMILES string of the molecule is CC(C)NC(=O)Nc1ccc(/C=C/c2ccccc2S(=O)(=O)[O-])c(S(=O)(=O)[O-])c1.[Na+].[Na+]. The van der Waals surface area contributed by atoms with Crippen LogP contribution >= 0.6 is 0 Å². The summed E-state index contributed by atoms with van der Waals surface area (Å²) in [7, 11) is -9.65. The first-order valence-electron chi connectivity index (χ1n) is 8.28. The number of urea groups is 1. The van der Waals surface area contributed by atoms with Gasteiger partial charge in [-0.25, -0.2) is 21.6 Å². The van der Waals surface area contributed by atoms with Gasteiger partial charge < -0.3 is 19.7 Å². The van der Waals surface area contributed by atoms with Gasteiger partial charge in [0.05, 0.1) is 9.79 Å². The molecule has 9 nitrogen and oxygen atoms in total. The summed E-state index contributed by atoms with van der Waals surface area (Å²) < 4.78 is 68.9. The number of benzene rings is 2. The van der Waals surface area contributed by atoms with Crippen LogP contribution in [-0.4, -0.2) is 38.0 Å². The Morgan fingerprint density at radius 1 is 0.871 bits per heavy atom. The van der Waals surface area contributed by atoms with Crippen LogP contribution in [0, 0.1) is 0 Å². The number of carbonyl (C=O) groups excluding carboxylic acids is 1. The molecule has 0 saturated heterocycles. The molecule has 0 aromatic heterocycles. The molecule has 0 spiro atoms. The second-order valence-corrected chi connectivity index (χ2v) is 8.98. The third-order valence-electron chi connectivity index (χ3n) is 3.59. The molecule has 0 aliphatic carbocycles. The number of rotatable bonds is 6. The van der Waals surface area contributed by atoms with E-state index in [-0.39, 0.29) is 82.0 Å². The van der Waals surface area contributed by atoms with E-state index in [2.05, 4.69) is 10.6 Å². The Labute approximate surface area is 225 Å². The van der Waals surface area contributed by atoms with Crippen LogP contribution in [0.5, 0.6) is 0 Å². The summed E-state index contributed by atoms with van der Waals surface area (Å²) >= 11 is 0. The molecule has 2 rings (SSSR count). The molecule has 0 bridgehead atoms. The van der Waals surface area contributed by atoms with Crippen LogP contribution in [0.1, 0.15) is 25.0 Å². The molecule has 31 heavy (non-hydrogen) atoms. The van der Waals surface area contributed by atoms with Gasteiger partial charge in [0.25, 0.3) is 0 Å². The second kappa shape index (κ2) is 12.5. The first kappa shape index (κ1) is 30.3. The molecule has 0 fully saturated rings. The van der Waals surface area contributed by atoms with E-state index in [0.717, 1.165) is 12.1 Å². The minimum absolute atomic E-state index is 0. The molecule has 0 heterocycles. The summed E-state index contributed by atoms with van der Waals surface area (Å²) in [6.07, 6.45) is 2.42. The number of hydrogen-bond donors (Lipinski definition) is 2. The zero-order chi connectivity index (χ0) is 21.8. The molecule has 0 atom stereocenters. The normalized spacial score (nSPS) is 11.5. The summed E-state index contributed by atoms with van der Waals surface area (Å²) in [4.78, 5) is 10.7. The molecular formula is C18H18N2Na2O7S2. The minimum atomic E-state index is -4.91. The molecule has 0 radical (unpaired) electrons. The Hall–Kier alpha value is -0.730. The Morgan fingerprint density at radius 2 is 1.39 bits per heavy atom. The van der Waals surface area contributed by atoms with Crippen molar-refractivity contribution in [3.8, 4) is 0 Å². The Balaban J connectivity index is 0.00000450. The maximum atomic E-state index is 11.8. The molecule has 2 aromatic carbocycles. The Kier molecular flexibility index (Phi) is 12.2. The van der Waals surface area contributed by atoms with E-state index in [0.29, 0.717) is 0 Å². The fourth-order valence-corrected chi connectivity index (χ4v) is 3.79. The third kappa shape index (κ3) is 9.34. The van der Waals surface area contributed by atoms with Crippen molar-refractivity contribution in [2.45, 2.75) is 29.7 Å². The van der Waals surface area contributed by atoms with E-state index in [1.165, 1.54) is 42.5 Å². The summed E-state index contributed by atoms with van der Waals surface area (Å²) in [6.45, 7) is 3.47. The van der Waals surface area contributed by atoms with E-state index < -0.39 is 36.1 Å². The van der Waals surface area contributed by atoms with Gasteiger partial charge in [-0.2, -0.15) is 0 Å². The Morgan fingerprint density at radius 3 is 1.90 bits per heavy atom. The molecule has 2 N–H and O–H groups in total. The van der Waals surface area contributed by atoms with Crippen molar-refractivity contribution in [1.82, 2.24) is 5.32 Å². The number of anilines is 1. The van der Waals surface area contributed by atoms with Crippen molar-refractivity contribution < 1.29 is 89.9 Å². The molecule has 156 valence electrons.